The molecule has 0 radical (unpaired) electrons. The van der Waals surface area contributed by atoms with E-state index >= 15 is 0 Å². The zero-order valence-corrected chi connectivity index (χ0v) is 18.1. The Morgan fingerprint density at radius 2 is 1.93 bits per heavy atom. The smallest absolute Gasteiger partial charge is 0.340 e. The summed E-state index contributed by atoms with van der Waals surface area (Å²) in [6, 6.07) is 15.7. The maximum Gasteiger partial charge on any atom is 0.340 e. The Labute approximate surface area is 186 Å². The summed E-state index contributed by atoms with van der Waals surface area (Å²) >= 11 is 12.8. The van der Waals surface area contributed by atoms with Crippen molar-refractivity contribution >= 4 is 62.6 Å². The van der Waals surface area contributed by atoms with Crippen molar-refractivity contribution in [3.8, 4) is 0 Å². The number of thiocarbonyl (C=S) groups is 1. The number of nitrogens with one attached hydrogen (secondary N) is 2. The van der Waals surface area contributed by atoms with Crippen molar-refractivity contribution in [1.29, 1.82) is 0 Å². The van der Waals surface area contributed by atoms with Gasteiger partial charge < -0.3 is 15.4 Å². The molecule has 0 aliphatic carbocycles. The van der Waals surface area contributed by atoms with E-state index in [0.29, 0.717) is 22.7 Å². The number of thiophene rings is 1. The third-order valence-corrected chi connectivity index (χ3v) is 5.62. The normalized spacial score (nSPS) is 10.3. The molecule has 0 atom stereocenters. The van der Waals surface area contributed by atoms with Crippen LogP contribution in [0, 0.1) is 10.1 Å². The number of nitrogens with zero attached hydrogens (tertiary/aromatic N) is 1. The fourth-order valence-electron chi connectivity index (χ4n) is 2.66. The molecule has 0 spiro atoms. The predicted molar refractivity (Wildman–Crippen MR) is 123 cm³/mol. The minimum Gasteiger partial charge on any atom is -0.465 e. The van der Waals surface area contributed by atoms with Crippen LogP contribution in [0.5, 0.6) is 0 Å². The average Bonchev–Trinajstić information content (AvgIpc) is 3.11. The summed E-state index contributed by atoms with van der Waals surface area (Å²) in [6.07, 6.45) is 0.658. The van der Waals surface area contributed by atoms with Gasteiger partial charge in [-0.05, 0) is 29.9 Å². The molecule has 3 aromatic rings. The van der Waals surface area contributed by atoms with Gasteiger partial charge in [0.05, 0.1) is 28.3 Å². The molecular weight excluding hydrogens is 446 g/mol. The van der Waals surface area contributed by atoms with Crippen LogP contribution in [0.3, 0.4) is 0 Å². The van der Waals surface area contributed by atoms with Gasteiger partial charge in [0.2, 0.25) is 0 Å². The minimum atomic E-state index is -0.533. The molecule has 10 heteroatoms. The Morgan fingerprint density at radius 1 is 1.20 bits per heavy atom. The molecule has 0 fully saturated rings. The van der Waals surface area contributed by atoms with Crippen LogP contribution in [0.1, 0.15) is 20.8 Å². The maximum atomic E-state index is 12.2. The fraction of sp³-hybridized carbons (Fsp3) is 0.100. The number of anilines is 2. The van der Waals surface area contributed by atoms with Gasteiger partial charge in [0.25, 0.3) is 5.69 Å². The Morgan fingerprint density at radius 3 is 2.57 bits per heavy atom. The number of methoxy groups -OCH3 is 1. The number of carbonyl (C=O) groups is 1. The average molecular weight is 462 g/mol. The van der Waals surface area contributed by atoms with Gasteiger partial charge >= 0.3 is 5.97 Å². The molecule has 2 aromatic carbocycles. The molecule has 0 saturated carbocycles. The minimum absolute atomic E-state index is 0.124. The second-order valence-electron chi connectivity index (χ2n) is 6.11. The number of esters is 1. The lowest BCUT2D eigenvalue weighted by molar-refractivity contribution is -0.384. The third-order valence-electron chi connectivity index (χ3n) is 4.05. The van der Waals surface area contributed by atoms with Crippen LogP contribution in [0.2, 0.25) is 5.02 Å². The van der Waals surface area contributed by atoms with Crippen LogP contribution < -0.4 is 10.6 Å². The molecule has 0 amide bonds. The number of halogens is 1. The van der Waals surface area contributed by atoms with Crippen molar-refractivity contribution in [2.24, 2.45) is 0 Å². The van der Waals surface area contributed by atoms with E-state index in [2.05, 4.69) is 10.6 Å². The summed E-state index contributed by atoms with van der Waals surface area (Å²) in [6.45, 7) is 0. The van der Waals surface area contributed by atoms with E-state index in [9.17, 15) is 14.9 Å². The van der Waals surface area contributed by atoms with E-state index in [1.54, 1.807) is 6.07 Å². The number of benzene rings is 2. The molecule has 30 heavy (non-hydrogen) atoms. The van der Waals surface area contributed by atoms with Crippen LogP contribution >= 0.6 is 35.2 Å². The van der Waals surface area contributed by atoms with Crippen molar-refractivity contribution < 1.29 is 14.5 Å². The highest BCUT2D eigenvalue weighted by molar-refractivity contribution is 7.80. The summed E-state index contributed by atoms with van der Waals surface area (Å²) in [5, 5.41) is 17.6. The molecule has 0 aliphatic rings. The number of hydrogen-bond donors (Lipinski definition) is 2. The highest BCUT2D eigenvalue weighted by Crippen LogP contribution is 2.31. The van der Waals surface area contributed by atoms with Crippen molar-refractivity contribution in [2.45, 2.75) is 6.42 Å². The van der Waals surface area contributed by atoms with E-state index in [4.69, 9.17) is 28.6 Å². The third kappa shape index (κ3) is 5.32. The number of nitro benzene ring substituents is 1. The predicted octanol–water partition coefficient (Wildman–Crippen LogP) is 5.50. The Bertz CT molecular complexity index is 1100. The molecule has 1 aromatic heterocycles. The number of hydrogen-bond acceptors (Lipinski definition) is 6. The lowest BCUT2D eigenvalue weighted by Crippen LogP contribution is -2.20. The number of rotatable bonds is 6. The van der Waals surface area contributed by atoms with Crippen molar-refractivity contribution in [1.82, 2.24) is 0 Å². The summed E-state index contributed by atoms with van der Waals surface area (Å²) in [7, 11) is 1.31. The van der Waals surface area contributed by atoms with Crippen molar-refractivity contribution in [3.63, 3.8) is 0 Å². The van der Waals surface area contributed by atoms with Crippen LogP contribution in [0.15, 0.2) is 54.6 Å². The first-order valence-corrected chi connectivity index (χ1v) is 10.2. The van der Waals surface area contributed by atoms with Gasteiger partial charge in [-0.15, -0.1) is 11.3 Å². The topological polar surface area (TPSA) is 93.5 Å². The summed E-state index contributed by atoms with van der Waals surface area (Å²) in [5.41, 5.74) is 1.76. The standard InChI is InChI=1S/C20H16ClN3O4S2/c1-28-19(25)15-11-14(9-12-5-3-2-4-6-12)30-18(15)23-20(29)22-17-8-7-13(24(26)27)10-16(17)21/h2-8,10-11H,9H2,1H3,(H2,22,23,29). The first-order valence-electron chi connectivity index (χ1n) is 8.64. The van der Waals surface area contributed by atoms with E-state index in [0.717, 1.165) is 10.4 Å². The van der Waals surface area contributed by atoms with Gasteiger partial charge in [0, 0.05) is 23.4 Å². The van der Waals surface area contributed by atoms with Crippen molar-refractivity contribution in [2.75, 3.05) is 17.7 Å². The van der Waals surface area contributed by atoms with Gasteiger partial charge in [0.1, 0.15) is 5.00 Å². The number of nitro groups is 1. The molecule has 0 bridgehead atoms. The SMILES string of the molecule is COC(=O)c1cc(Cc2ccccc2)sc1NC(=S)Nc1ccc([N+](=O)[O-])cc1Cl. The molecule has 1 heterocycles. The highest BCUT2D eigenvalue weighted by Gasteiger charge is 2.18. The van der Waals surface area contributed by atoms with E-state index < -0.39 is 10.9 Å². The molecule has 0 aliphatic heterocycles. The molecule has 3 rings (SSSR count). The zero-order valence-electron chi connectivity index (χ0n) is 15.7. The quantitative estimate of drug-likeness (QED) is 0.217. The van der Waals surface area contributed by atoms with Gasteiger partial charge in [-0.2, -0.15) is 0 Å². The molecule has 0 unspecified atom stereocenters. The largest absolute Gasteiger partial charge is 0.465 e. The Kier molecular flexibility index (Phi) is 6.99. The maximum absolute atomic E-state index is 12.2. The van der Waals surface area contributed by atoms with Crippen molar-refractivity contribution in [3.05, 3.63) is 85.7 Å². The second-order valence-corrected chi connectivity index (χ2v) is 8.06. The van der Waals surface area contributed by atoms with Gasteiger partial charge in [-0.1, -0.05) is 41.9 Å². The van der Waals surface area contributed by atoms with Crippen LogP contribution in [0.25, 0.3) is 0 Å². The fourth-order valence-corrected chi connectivity index (χ4v) is 4.24. The van der Waals surface area contributed by atoms with Crippen LogP contribution in [-0.4, -0.2) is 23.1 Å². The lowest BCUT2D eigenvalue weighted by Gasteiger charge is -2.11. The highest BCUT2D eigenvalue weighted by atomic mass is 35.5. The summed E-state index contributed by atoms with van der Waals surface area (Å²) in [5.74, 6) is -0.482. The molecular formula is C20H16ClN3O4S2. The molecule has 154 valence electrons. The van der Waals surface area contributed by atoms with Gasteiger partial charge in [-0.3, -0.25) is 10.1 Å². The van der Waals surface area contributed by atoms with E-state index in [1.165, 1.54) is 36.6 Å². The molecule has 7 nitrogen and oxygen atoms in total. The second kappa shape index (κ2) is 9.66. The Balaban J connectivity index is 1.78. The first-order chi connectivity index (χ1) is 14.4. The van der Waals surface area contributed by atoms with E-state index in [1.807, 2.05) is 30.3 Å². The number of non-ortho nitro benzene ring substituents is 1. The first kappa shape index (κ1) is 21.7. The van der Waals surface area contributed by atoms with E-state index in [-0.39, 0.29) is 15.8 Å². The number of ether oxygens (including phenoxy) is 1. The van der Waals surface area contributed by atoms with Crippen LogP contribution in [0.4, 0.5) is 16.4 Å². The lowest BCUT2D eigenvalue weighted by atomic mass is 10.1. The molecule has 2 N–H and O–H groups in total. The summed E-state index contributed by atoms with van der Waals surface area (Å²) < 4.78 is 4.87. The monoisotopic (exact) mass is 461 g/mol. The summed E-state index contributed by atoms with van der Waals surface area (Å²) in [4.78, 5) is 23.5. The zero-order chi connectivity index (χ0) is 21.7. The number of carbonyl (C=O) groups excluding carboxylic acids is 1. The van der Waals surface area contributed by atoms with Crippen LogP contribution in [-0.2, 0) is 11.2 Å². The molecule has 0 saturated heterocycles. The Hall–Kier alpha value is -3.01. The van der Waals surface area contributed by atoms with Gasteiger partial charge in [0.15, 0.2) is 5.11 Å². The van der Waals surface area contributed by atoms with Gasteiger partial charge in [-0.25, -0.2) is 4.79 Å².